The Kier molecular flexibility index (Phi) is 0.887. The van der Waals surface area contributed by atoms with Crippen LogP contribution in [0, 0.1) is 5.41 Å². The molecule has 2 N–H and O–H groups in total. The first kappa shape index (κ1) is 5.22. The Morgan fingerprint density at radius 3 is 3.30 bits per heavy atom. The van der Waals surface area contributed by atoms with Crippen molar-refractivity contribution in [3.8, 4) is 0 Å². The molecule has 4 heteroatoms. The highest BCUT2D eigenvalue weighted by Crippen LogP contribution is 2.02. The maximum absolute atomic E-state index is 7.29. The lowest BCUT2D eigenvalue weighted by Gasteiger charge is -1.84. The van der Waals surface area contributed by atoms with Gasteiger partial charge in [0.1, 0.15) is 0 Å². The zero-order chi connectivity index (χ0) is 6.97. The molecule has 0 atom stereocenters. The van der Waals surface area contributed by atoms with E-state index in [1.165, 1.54) is 6.39 Å². The lowest BCUT2D eigenvalue weighted by atomic mass is 10.4. The van der Waals surface area contributed by atoms with Crippen LogP contribution < -0.4 is 5.49 Å². The number of rotatable bonds is 0. The second-order valence-electron chi connectivity index (χ2n) is 1.92. The van der Waals surface area contributed by atoms with Crippen molar-refractivity contribution in [1.29, 1.82) is 5.41 Å². The van der Waals surface area contributed by atoms with Crippen molar-refractivity contribution in [3.63, 3.8) is 0 Å². The highest BCUT2D eigenvalue weighted by atomic mass is 16.3. The van der Waals surface area contributed by atoms with Crippen molar-refractivity contribution in [3.05, 3.63) is 24.1 Å². The number of hydrogen-bond donors (Lipinski definition) is 2. The lowest BCUT2D eigenvalue weighted by molar-refractivity contribution is 0.564. The molecule has 0 aliphatic rings. The largest absolute Gasteiger partial charge is 0.429 e. The van der Waals surface area contributed by atoms with Crippen molar-refractivity contribution in [2.75, 3.05) is 0 Å². The maximum atomic E-state index is 7.29. The number of aromatic nitrogens is 2. The van der Waals surface area contributed by atoms with Crippen molar-refractivity contribution < 1.29 is 4.42 Å². The number of H-pyrrole nitrogens is 1. The van der Waals surface area contributed by atoms with Crippen LogP contribution in [-0.2, 0) is 0 Å². The summed E-state index contributed by atoms with van der Waals surface area (Å²) in [6.07, 6.45) is 2.97. The summed E-state index contributed by atoms with van der Waals surface area (Å²) in [7, 11) is 0. The van der Waals surface area contributed by atoms with E-state index in [1.54, 1.807) is 12.3 Å². The molecule has 0 aliphatic carbocycles. The zero-order valence-electron chi connectivity index (χ0n) is 5.09. The molecule has 0 aliphatic heterocycles. The van der Waals surface area contributed by atoms with Gasteiger partial charge in [-0.05, 0) is 6.07 Å². The summed E-state index contributed by atoms with van der Waals surface area (Å²) in [4.78, 5) is 6.49. The summed E-state index contributed by atoms with van der Waals surface area (Å²) in [5.41, 5.74) is 0.836. The molecular weight excluding hydrogens is 130 g/mol. The van der Waals surface area contributed by atoms with Crippen LogP contribution in [0.4, 0.5) is 0 Å². The Morgan fingerprint density at radius 1 is 1.60 bits per heavy atom. The molecule has 10 heavy (non-hydrogen) atoms. The van der Waals surface area contributed by atoms with Gasteiger partial charge in [0, 0.05) is 6.20 Å². The van der Waals surface area contributed by atoms with Crippen LogP contribution in [0.2, 0.25) is 0 Å². The topological polar surface area (TPSA) is 65.7 Å². The van der Waals surface area contributed by atoms with Crippen LogP contribution in [0.15, 0.2) is 23.1 Å². The summed E-state index contributed by atoms with van der Waals surface area (Å²) in [5, 5.41) is 8.00. The van der Waals surface area contributed by atoms with E-state index in [2.05, 4.69) is 9.97 Å². The minimum absolute atomic E-state index is 0.238. The van der Waals surface area contributed by atoms with Gasteiger partial charge in [-0.15, -0.1) is 0 Å². The van der Waals surface area contributed by atoms with E-state index < -0.39 is 0 Å². The van der Waals surface area contributed by atoms with E-state index in [4.69, 9.17) is 9.83 Å². The highest BCUT2D eigenvalue weighted by molar-refractivity contribution is 5.70. The van der Waals surface area contributed by atoms with Crippen molar-refractivity contribution in [2.24, 2.45) is 0 Å². The number of aromatic amines is 1. The maximum Gasteiger partial charge on any atom is 0.209 e. The van der Waals surface area contributed by atoms with E-state index in [0.29, 0.717) is 11.1 Å². The van der Waals surface area contributed by atoms with Crippen molar-refractivity contribution in [1.82, 2.24) is 9.97 Å². The second-order valence-corrected chi connectivity index (χ2v) is 1.92. The molecule has 50 valence electrons. The molecule has 2 rings (SSSR count). The number of nitrogens with one attached hydrogen (secondary N) is 2. The summed E-state index contributed by atoms with van der Waals surface area (Å²) < 4.78 is 4.95. The van der Waals surface area contributed by atoms with Crippen molar-refractivity contribution >= 4 is 11.1 Å². The summed E-state index contributed by atoms with van der Waals surface area (Å²) >= 11 is 0. The van der Waals surface area contributed by atoms with Gasteiger partial charge in [-0.2, -0.15) is 0 Å². The fourth-order valence-electron chi connectivity index (χ4n) is 0.839. The molecular formula is C6H5N3O. The highest BCUT2D eigenvalue weighted by Gasteiger charge is 1.95. The van der Waals surface area contributed by atoms with E-state index in [0.717, 1.165) is 0 Å². The second kappa shape index (κ2) is 1.70. The third-order valence-corrected chi connectivity index (χ3v) is 1.32. The molecule has 0 spiro atoms. The molecule has 0 amide bonds. The molecule has 2 aromatic heterocycles. The number of nitrogens with zero attached hydrogens (tertiary/aromatic N) is 1. The molecule has 0 aromatic carbocycles. The molecule has 0 saturated heterocycles. The summed E-state index contributed by atoms with van der Waals surface area (Å²) in [6, 6.07) is 1.76. The average molecular weight is 135 g/mol. The van der Waals surface area contributed by atoms with Crippen LogP contribution in [0.5, 0.6) is 0 Å². The molecule has 4 nitrogen and oxygen atoms in total. The SMILES string of the molecule is N=c1ncoc2[nH]ccc12. The van der Waals surface area contributed by atoms with Gasteiger partial charge >= 0.3 is 0 Å². The quantitative estimate of drug-likeness (QED) is 0.556. The normalized spacial score (nSPS) is 10.4. The van der Waals surface area contributed by atoms with Crippen molar-refractivity contribution in [2.45, 2.75) is 0 Å². The van der Waals surface area contributed by atoms with E-state index >= 15 is 0 Å². The predicted octanol–water partition coefficient (Wildman–Crippen LogP) is 0.635. The van der Waals surface area contributed by atoms with Gasteiger partial charge in [-0.3, -0.25) is 5.41 Å². The third-order valence-electron chi connectivity index (χ3n) is 1.32. The Labute approximate surface area is 56.0 Å². The standard InChI is InChI=1S/C6H5N3O/c7-5-4-1-2-8-6(4)10-3-9-5/h1-3,7-8H. The summed E-state index contributed by atoms with van der Waals surface area (Å²) in [5.74, 6) is 0. The molecule has 2 heterocycles. The van der Waals surface area contributed by atoms with Gasteiger partial charge in [0.15, 0.2) is 11.9 Å². The fraction of sp³-hybridized carbons (Fsp3) is 0. The smallest absolute Gasteiger partial charge is 0.209 e. The number of hydrogen-bond acceptors (Lipinski definition) is 3. The van der Waals surface area contributed by atoms with Gasteiger partial charge in [-0.25, -0.2) is 4.98 Å². The molecule has 0 saturated carbocycles. The van der Waals surface area contributed by atoms with E-state index in [-0.39, 0.29) is 5.49 Å². The van der Waals surface area contributed by atoms with Gasteiger partial charge in [0.2, 0.25) is 5.71 Å². The molecule has 0 radical (unpaired) electrons. The van der Waals surface area contributed by atoms with Crippen LogP contribution in [0.3, 0.4) is 0 Å². The average Bonchev–Trinajstić information content (AvgIpc) is 2.36. The van der Waals surface area contributed by atoms with Crippen LogP contribution in [-0.4, -0.2) is 9.97 Å². The van der Waals surface area contributed by atoms with Gasteiger partial charge in [-0.1, -0.05) is 0 Å². The van der Waals surface area contributed by atoms with Crippen LogP contribution in [0.25, 0.3) is 11.1 Å². The van der Waals surface area contributed by atoms with Gasteiger partial charge in [0.25, 0.3) is 0 Å². The fourth-order valence-corrected chi connectivity index (χ4v) is 0.839. The Morgan fingerprint density at radius 2 is 2.50 bits per heavy atom. The zero-order valence-corrected chi connectivity index (χ0v) is 5.09. The van der Waals surface area contributed by atoms with Gasteiger partial charge < -0.3 is 9.40 Å². The monoisotopic (exact) mass is 135 g/mol. The van der Waals surface area contributed by atoms with E-state index in [9.17, 15) is 0 Å². The minimum atomic E-state index is 0.238. The Balaban J connectivity index is 3.09. The minimum Gasteiger partial charge on any atom is -0.429 e. The Bertz CT molecular complexity index is 400. The first-order valence-electron chi connectivity index (χ1n) is 2.83. The lowest BCUT2D eigenvalue weighted by Crippen LogP contribution is -2.02. The predicted molar refractivity (Wildman–Crippen MR) is 34.2 cm³/mol. The Hall–Kier alpha value is -1.58. The number of fused-ring (bicyclic) bond motifs is 1. The first-order valence-corrected chi connectivity index (χ1v) is 2.83. The molecule has 0 unspecified atom stereocenters. The molecule has 0 bridgehead atoms. The first-order chi connectivity index (χ1) is 4.88. The van der Waals surface area contributed by atoms with Crippen LogP contribution >= 0.6 is 0 Å². The van der Waals surface area contributed by atoms with Gasteiger partial charge in [0.05, 0.1) is 5.39 Å². The molecule has 0 fully saturated rings. The summed E-state index contributed by atoms with van der Waals surface area (Å²) in [6.45, 7) is 0. The third kappa shape index (κ3) is 0.556. The van der Waals surface area contributed by atoms with E-state index in [1.807, 2.05) is 0 Å². The molecule has 2 aromatic rings. The van der Waals surface area contributed by atoms with Crippen LogP contribution in [0.1, 0.15) is 0 Å².